The lowest BCUT2D eigenvalue weighted by molar-refractivity contribution is -0.115. The minimum Gasteiger partial charge on any atom is -0.501 e. The fourth-order valence-corrected chi connectivity index (χ4v) is 3.33. The molecule has 0 aliphatic heterocycles. The summed E-state index contributed by atoms with van der Waals surface area (Å²) < 4.78 is 27.4. The molecule has 0 atom stereocenters. The van der Waals surface area contributed by atoms with Crippen molar-refractivity contribution < 1.29 is 27.9 Å². The topological polar surface area (TPSA) is 103 Å². The minimum absolute atomic E-state index is 0.300. The van der Waals surface area contributed by atoms with Gasteiger partial charge in [0.05, 0.1) is 32.2 Å². The molecule has 0 aliphatic rings. The Morgan fingerprint density at radius 3 is 2.26 bits per heavy atom. The second kappa shape index (κ2) is 13.1. The van der Waals surface area contributed by atoms with E-state index in [9.17, 15) is 14.2 Å². The zero-order valence-electron chi connectivity index (χ0n) is 14.0. The first kappa shape index (κ1) is 21.6. The summed E-state index contributed by atoms with van der Waals surface area (Å²) in [5.41, 5.74) is 0. The van der Waals surface area contributed by atoms with Crippen LogP contribution in [0.25, 0.3) is 0 Å². The van der Waals surface area contributed by atoms with E-state index in [0.717, 1.165) is 6.08 Å². The molecule has 0 unspecified atom stereocenters. The van der Waals surface area contributed by atoms with Gasteiger partial charge >= 0.3 is 13.6 Å². The van der Waals surface area contributed by atoms with Crippen LogP contribution in [0, 0.1) is 0 Å². The third-order valence-corrected chi connectivity index (χ3v) is 4.68. The van der Waals surface area contributed by atoms with Crippen molar-refractivity contribution >= 4 is 19.5 Å². The maximum Gasteiger partial charge on any atom is 0.330 e. The van der Waals surface area contributed by atoms with Gasteiger partial charge in [-0.05, 0) is 33.6 Å². The predicted molar refractivity (Wildman–Crippen MR) is 87.3 cm³/mol. The molecule has 0 saturated heterocycles. The van der Waals surface area contributed by atoms with Crippen LogP contribution in [-0.2, 0) is 23.1 Å². The van der Waals surface area contributed by atoms with E-state index in [1.807, 2.05) is 0 Å². The molecule has 0 rings (SSSR count). The minimum atomic E-state index is -3.03. The normalized spacial score (nSPS) is 11.4. The molecule has 8 nitrogen and oxygen atoms in total. The lowest BCUT2D eigenvalue weighted by Crippen LogP contribution is -2.39. The van der Waals surface area contributed by atoms with E-state index in [1.54, 1.807) is 20.8 Å². The molecule has 0 fully saturated rings. The summed E-state index contributed by atoms with van der Waals surface area (Å²) in [6.45, 7) is 6.76. The molecule has 0 aliphatic carbocycles. The second-order valence-electron chi connectivity index (χ2n) is 4.38. The Balaban J connectivity index is 3.88. The number of rotatable bonds is 12. The van der Waals surface area contributed by atoms with Crippen molar-refractivity contribution in [2.75, 3.05) is 32.5 Å². The number of carbonyl (C=O) groups excluding carboxylic acids is 2. The van der Waals surface area contributed by atoms with Gasteiger partial charge in [-0.2, -0.15) is 0 Å². The highest BCUT2D eigenvalue weighted by atomic mass is 31.2. The van der Waals surface area contributed by atoms with Gasteiger partial charge in [0.1, 0.15) is 0 Å². The molecular weight excluding hydrogens is 323 g/mol. The first-order chi connectivity index (χ1) is 11.0. The zero-order chi connectivity index (χ0) is 17.6. The van der Waals surface area contributed by atoms with Gasteiger partial charge in [-0.3, -0.25) is 14.7 Å². The fourth-order valence-electron chi connectivity index (χ4n) is 1.60. The predicted octanol–water partition coefficient (Wildman–Crippen LogP) is 2.41. The van der Waals surface area contributed by atoms with Crippen molar-refractivity contribution in [3.05, 3.63) is 12.3 Å². The largest absolute Gasteiger partial charge is 0.501 e. The van der Waals surface area contributed by atoms with Crippen LogP contribution in [0.5, 0.6) is 0 Å². The number of unbranched alkanes of at least 4 members (excludes halogenated alkanes) is 1. The van der Waals surface area contributed by atoms with Gasteiger partial charge in [0, 0.05) is 12.6 Å². The molecule has 0 aromatic heterocycles. The summed E-state index contributed by atoms with van der Waals surface area (Å²) >= 11 is 0. The van der Waals surface area contributed by atoms with Crippen molar-refractivity contribution in [2.24, 2.45) is 0 Å². The van der Waals surface area contributed by atoms with Crippen LogP contribution in [0.2, 0.25) is 0 Å². The van der Waals surface area contributed by atoms with Crippen LogP contribution in [0.3, 0.4) is 0 Å². The number of hydrogen-bond acceptors (Lipinski definition) is 6. The molecule has 0 bridgehead atoms. The standard InChI is InChI=1S/C14H27N2O6P/c1-4-20-11-9-13(17)16-14(18)15-10-7-8-12-23(19,21-5-2)22-6-3/h9,11H,4-8,10,12H2,1-3H3,(H2,15,16,17,18)/b11-9+. The zero-order valence-corrected chi connectivity index (χ0v) is 14.9. The van der Waals surface area contributed by atoms with Crippen LogP contribution >= 0.6 is 7.60 Å². The molecule has 3 amide bonds. The van der Waals surface area contributed by atoms with Gasteiger partial charge in [0.15, 0.2) is 0 Å². The second-order valence-corrected chi connectivity index (χ2v) is 6.57. The number of amides is 3. The van der Waals surface area contributed by atoms with E-state index in [-0.39, 0.29) is 0 Å². The summed E-state index contributed by atoms with van der Waals surface area (Å²) in [6, 6.07) is -0.589. The monoisotopic (exact) mass is 350 g/mol. The maximum atomic E-state index is 12.2. The number of nitrogens with one attached hydrogen (secondary N) is 2. The van der Waals surface area contributed by atoms with Gasteiger partial charge in [-0.25, -0.2) is 4.79 Å². The average Bonchev–Trinajstić information content (AvgIpc) is 2.47. The first-order valence-electron chi connectivity index (χ1n) is 7.72. The molecule has 0 radical (unpaired) electrons. The number of carbonyl (C=O) groups is 2. The SMILES string of the molecule is CCO/C=C/C(=O)NC(=O)NCCCCP(=O)(OCC)OCC. The highest BCUT2D eigenvalue weighted by Crippen LogP contribution is 2.48. The Morgan fingerprint density at radius 1 is 1.04 bits per heavy atom. The van der Waals surface area contributed by atoms with Gasteiger partial charge in [0.2, 0.25) is 0 Å². The Hall–Kier alpha value is -1.37. The van der Waals surface area contributed by atoms with Crippen LogP contribution in [0.15, 0.2) is 12.3 Å². The van der Waals surface area contributed by atoms with Crippen molar-refractivity contribution in [1.82, 2.24) is 10.6 Å². The highest BCUT2D eigenvalue weighted by molar-refractivity contribution is 7.53. The number of hydrogen-bond donors (Lipinski definition) is 2. The van der Waals surface area contributed by atoms with Gasteiger partial charge in [-0.1, -0.05) is 0 Å². The number of ether oxygens (including phenoxy) is 1. The molecule has 0 aromatic rings. The Kier molecular flexibility index (Phi) is 12.3. The Labute approximate surface area is 137 Å². The summed E-state index contributed by atoms with van der Waals surface area (Å²) in [5, 5.41) is 4.66. The molecule has 23 heavy (non-hydrogen) atoms. The summed E-state index contributed by atoms with van der Waals surface area (Å²) in [7, 11) is -3.03. The Morgan fingerprint density at radius 2 is 1.70 bits per heavy atom. The van der Waals surface area contributed by atoms with Gasteiger partial charge < -0.3 is 19.1 Å². The van der Waals surface area contributed by atoms with E-state index in [0.29, 0.717) is 45.4 Å². The third-order valence-electron chi connectivity index (χ3n) is 2.51. The molecule has 0 heterocycles. The van der Waals surface area contributed by atoms with E-state index < -0.39 is 19.5 Å². The van der Waals surface area contributed by atoms with Crippen LogP contribution in [-0.4, -0.2) is 44.5 Å². The molecule has 0 spiro atoms. The van der Waals surface area contributed by atoms with Crippen molar-refractivity contribution in [3.63, 3.8) is 0 Å². The highest BCUT2D eigenvalue weighted by Gasteiger charge is 2.22. The van der Waals surface area contributed by atoms with Crippen LogP contribution in [0.1, 0.15) is 33.6 Å². The average molecular weight is 350 g/mol. The smallest absolute Gasteiger partial charge is 0.330 e. The van der Waals surface area contributed by atoms with E-state index in [4.69, 9.17) is 13.8 Å². The van der Waals surface area contributed by atoms with Crippen molar-refractivity contribution in [3.8, 4) is 0 Å². The number of urea groups is 1. The third kappa shape index (κ3) is 11.8. The number of imide groups is 1. The summed E-state index contributed by atoms with van der Waals surface area (Å²) in [4.78, 5) is 22.7. The van der Waals surface area contributed by atoms with E-state index in [2.05, 4.69) is 10.6 Å². The molecule has 9 heteroatoms. The van der Waals surface area contributed by atoms with Gasteiger partial charge in [-0.15, -0.1) is 0 Å². The van der Waals surface area contributed by atoms with Crippen molar-refractivity contribution in [1.29, 1.82) is 0 Å². The quantitative estimate of drug-likeness (QED) is 0.242. The molecular formula is C14H27N2O6P. The fraction of sp³-hybridized carbons (Fsp3) is 0.714. The van der Waals surface area contributed by atoms with Crippen LogP contribution in [0.4, 0.5) is 4.79 Å². The van der Waals surface area contributed by atoms with Crippen molar-refractivity contribution in [2.45, 2.75) is 33.6 Å². The van der Waals surface area contributed by atoms with Gasteiger partial charge in [0.25, 0.3) is 5.91 Å². The van der Waals surface area contributed by atoms with Crippen LogP contribution < -0.4 is 10.6 Å². The van der Waals surface area contributed by atoms with E-state index in [1.165, 1.54) is 6.26 Å². The first-order valence-corrected chi connectivity index (χ1v) is 9.45. The molecule has 134 valence electrons. The lowest BCUT2D eigenvalue weighted by atomic mass is 10.3. The molecule has 0 aromatic carbocycles. The summed E-state index contributed by atoms with van der Waals surface area (Å²) in [5.74, 6) is -0.562. The lowest BCUT2D eigenvalue weighted by Gasteiger charge is -2.16. The van der Waals surface area contributed by atoms with E-state index >= 15 is 0 Å². The maximum absolute atomic E-state index is 12.2. The summed E-state index contributed by atoms with van der Waals surface area (Å²) in [6.07, 6.45) is 3.83. The molecule has 0 saturated carbocycles. The molecule has 2 N–H and O–H groups in total. The Bertz CT molecular complexity index is 417.